The molecule has 1 atom stereocenters. The predicted molar refractivity (Wildman–Crippen MR) is 106 cm³/mol. The molecule has 1 saturated heterocycles. The number of para-hydroxylation sites is 1. The quantitative estimate of drug-likeness (QED) is 0.819. The molecule has 2 aromatic rings. The molecule has 136 valence electrons. The van der Waals surface area contributed by atoms with Gasteiger partial charge in [-0.3, -0.25) is 9.69 Å². The summed E-state index contributed by atoms with van der Waals surface area (Å²) >= 11 is 0. The molecule has 1 N–H and O–H groups in total. The third kappa shape index (κ3) is 4.40. The van der Waals surface area contributed by atoms with Crippen LogP contribution >= 0.6 is 0 Å². The zero-order valence-electron chi connectivity index (χ0n) is 15.4. The van der Waals surface area contributed by atoms with Crippen LogP contribution in [0.3, 0.4) is 0 Å². The standard InChI is InChI=1S/C22H26N2O2/c1-3-6-22(25)23-21-8-5-4-7-20(21)19-11-9-18(10-12-19)17(2)24-13-15-26-16-14-24/h3-12,17H,13-16H2,1-2H3,(H,23,25). The number of allylic oxidation sites excluding steroid dienone is 1. The molecule has 26 heavy (non-hydrogen) atoms. The molecule has 0 radical (unpaired) electrons. The summed E-state index contributed by atoms with van der Waals surface area (Å²) in [4.78, 5) is 14.3. The van der Waals surface area contributed by atoms with Crippen LogP contribution in [0.4, 0.5) is 5.69 Å². The summed E-state index contributed by atoms with van der Waals surface area (Å²) in [5.74, 6) is -0.113. The van der Waals surface area contributed by atoms with E-state index in [1.807, 2.05) is 31.2 Å². The fourth-order valence-corrected chi connectivity index (χ4v) is 3.29. The first kappa shape index (κ1) is 18.4. The first-order chi connectivity index (χ1) is 12.7. The highest BCUT2D eigenvalue weighted by molar-refractivity contribution is 6.02. The Hall–Kier alpha value is -2.43. The van der Waals surface area contributed by atoms with Gasteiger partial charge in [0.15, 0.2) is 0 Å². The number of carbonyl (C=O) groups is 1. The van der Waals surface area contributed by atoms with Gasteiger partial charge in [-0.25, -0.2) is 0 Å². The molecule has 1 heterocycles. The van der Waals surface area contributed by atoms with Gasteiger partial charge < -0.3 is 10.1 Å². The van der Waals surface area contributed by atoms with E-state index in [1.54, 1.807) is 6.08 Å². The van der Waals surface area contributed by atoms with Gasteiger partial charge in [0.2, 0.25) is 5.91 Å². The molecule has 4 heteroatoms. The Labute approximate surface area is 155 Å². The number of morpholine rings is 1. The molecule has 0 bridgehead atoms. The lowest BCUT2D eigenvalue weighted by atomic mass is 9.99. The lowest BCUT2D eigenvalue weighted by Gasteiger charge is -2.32. The van der Waals surface area contributed by atoms with Crippen LogP contribution in [-0.4, -0.2) is 37.1 Å². The van der Waals surface area contributed by atoms with E-state index in [9.17, 15) is 4.79 Å². The maximum Gasteiger partial charge on any atom is 0.248 e. The Balaban J connectivity index is 1.79. The summed E-state index contributed by atoms with van der Waals surface area (Å²) in [7, 11) is 0. The monoisotopic (exact) mass is 350 g/mol. The van der Waals surface area contributed by atoms with Crippen molar-refractivity contribution in [2.75, 3.05) is 31.6 Å². The van der Waals surface area contributed by atoms with Crippen molar-refractivity contribution in [1.82, 2.24) is 4.90 Å². The van der Waals surface area contributed by atoms with Gasteiger partial charge in [0.1, 0.15) is 0 Å². The first-order valence-corrected chi connectivity index (χ1v) is 9.14. The molecule has 1 fully saturated rings. The molecule has 0 aliphatic carbocycles. The topological polar surface area (TPSA) is 41.6 Å². The van der Waals surface area contributed by atoms with E-state index in [0.29, 0.717) is 6.04 Å². The summed E-state index contributed by atoms with van der Waals surface area (Å²) in [6.07, 6.45) is 3.27. The van der Waals surface area contributed by atoms with Crippen LogP contribution in [-0.2, 0) is 9.53 Å². The van der Waals surface area contributed by atoms with Crippen molar-refractivity contribution in [3.8, 4) is 11.1 Å². The third-order valence-corrected chi connectivity index (χ3v) is 4.80. The largest absolute Gasteiger partial charge is 0.379 e. The van der Waals surface area contributed by atoms with Crippen LogP contribution < -0.4 is 5.32 Å². The second kappa shape index (κ2) is 8.79. The predicted octanol–water partition coefficient (Wildman–Crippen LogP) is 4.26. The van der Waals surface area contributed by atoms with Gasteiger partial charge in [-0.1, -0.05) is 48.5 Å². The minimum Gasteiger partial charge on any atom is -0.379 e. The third-order valence-electron chi connectivity index (χ3n) is 4.80. The normalized spacial score (nSPS) is 16.5. The summed E-state index contributed by atoms with van der Waals surface area (Å²) in [5, 5.41) is 2.95. The maximum absolute atomic E-state index is 11.9. The van der Waals surface area contributed by atoms with Gasteiger partial charge in [0.05, 0.1) is 13.2 Å². The van der Waals surface area contributed by atoms with Gasteiger partial charge in [0.25, 0.3) is 0 Å². The zero-order valence-corrected chi connectivity index (χ0v) is 15.4. The van der Waals surface area contributed by atoms with E-state index in [0.717, 1.165) is 43.1 Å². The molecular formula is C22H26N2O2. The lowest BCUT2D eigenvalue weighted by Crippen LogP contribution is -2.37. The smallest absolute Gasteiger partial charge is 0.248 e. The highest BCUT2D eigenvalue weighted by Crippen LogP contribution is 2.30. The first-order valence-electron chi connectivity index (χ1n) is 9.14. The van der Waals surface area contributed by atoms with Crippen LogP contribution in [0.5, 0.6) is 0 Å². The number of hydrogen-bond acceptors (Lipinski definition) is 3. The van der Waals surface area contributed by atoms with Crippen molar-refractivity contribution in [3.63, 3.8) is 0 Å². The second-order valence-electron chi connectivity index (χ2n) is 6.48. The van der Waals surface area contributed by atoms with E-state index in [1.165, 1.54) is 11.6 Å². The van der Waals surface area contributed by atoms with E-state index in [-0.39, 0.29) is 5.91 Å². The van der Waals surface area contributed by atoms with Crippen molar-refractivity contribution in [2.24, 2.45) is 0 Å². The number of nitrogens with zero attached hydrogens (tertiary/aromatic N) is 1. The average Bonchev–Trinajstić information content (AvgIpc) is 2.69. The van der Waals surface area contributed by atoms with Gasteiger partial charge >= 0.3 is 0 Å². The van der Waals surface area contributed by atoms with Crippen molar-refractivity contribution >= 4 is 11.6 Å². The van der Waals surface area contributed by atoms with Crippen LogP contribution in [0, 0.1) is 0 Å². The van der Waals surface area contributed by atoms with Gasteiger partial charge in [-0.15, -0.1) is 0 Å². The molecule has 1 unspecified atom stereocenters. The van der Waals surface area contributed by atoms with Crippen molar-refractivity contribution in [2.45, 2.75) is 19.9 Å². The Morgan fingerprint density at radius 1 is 1.12 bits per heavy atom. The SMILES string of the molecule is CC=CC(=O)Nc1ccccc1-c1ccc(C(C)N2CCOCC2)cc1. The number of benzene rings is 2. The Kier molecular flexibility index (Phi) is 6.21. The summed E-state index contributed by atoms with van der Waals surface area (Å²) in [6.45, 7) is 7.64. The van der Waals surface area contributed by atoms with E-state index >= 15 is 0 Å². The number of rotatable bonds is 5. The van der Waals surface area contributed by atoms with E-state index in [4.69, 9.17) is 4.74 Å². The molecule has 0 spiro atoms. The van der Waals surface area contributed by atoms with Crippen molar-refractivity contribution in [1.29, 1.82) is 0 Å². The molecule has 3 rings (SSSR count). The zero-order chi connectivity index (χ0) is 18.4. The minimum absolute atomic E-state index is 0.113. The van der Waals surface area contributed by atoms with Gasteiger partial charge in [-0.2, -0.15) is 0 Å². The summed E-state index contributed by atoms with van der Waals surface area (Å²) in [5.41, 5.74) is 4.24. The van der Waals surface area contributed by atoms with Crippen LogP contribution in [0.1, 0.15) is 25.5 Å². The minimum atomic E-state index is -0.113. The van der Waals surface area contributed by atoms with Crippen molar-refractivity contribution < 1.29 is 9.53 Å². The lowest BCUT2D eigenvalue weighted by molar-refractivity contribution is -0.111. The number of hydrogen-bond donors (Lipinski definition) is 1. The molecule has 1 aliphatic rings. The number of anilines is 1. The van der Waals surface area contributed by atoms with Crippen LogP contribution in [0.2, 0.25) is 0 Å². The average molecular weight is 350 g/mol. The van der Waals surface area contributed by atoms with Crippen LogP contribution in [0.25, 0.3) is 11.1 Å². The van der Waals surface area contributed by atoms with E-state index in [2.05, 4.69) is 41.4 Å². The molecule has 1 aliphatic heterocycles. The van der Waals surface area contributed by atoms with Gasteiger partial charge in [-0.05, 0) is 37.1 Å². The van der Waals surface area contributed by atoms with Crippen LogP contribution in [0.15, 0.2) is 60.7 Å². The van der Waals surface area contributed by atoms with E-state index < -0.39 is 0 Å². The molecule has 2 aromatic carbocycles. The Morgan fingerprint density at radius 2 is 1.81 bits per heavy atom. The summed E-state index contributed by atoms with van der Waals surface area (Å²) < 4.78 is 5.44. The number of ether oxygens (including phenoxy) is 1. The summed E-state index contributed by atoms with van der Waals surface area (Å²) in [6, 6.07) is 16.9. The number of nitrogens with one attached hydrogen (secondary N) is 1. The highest BCUT2D eigenvalue weighted by atomic mass is 16.5. The maximum atomic E-state index is 11.9. The fourth-order valence-electron chi connectivity index (χ4n) is 3.29. The number of amides is 1. The Bertz CT molecular complexity index is 762. The number of carbonyl (C=O) groups excluding carboxylic acids is 1. The second-order valence-corrected chi connectivity index (χ2v) is 6.48. The molecule has 0 saturated carbocycles. The molecular weight excluding hydrogens is 324 g/mol. The highest BCUT2D eigenvalue weighted by Gasteiger charge is 2.18. The van der Waals surface area contributed by atoms with Crippen molar-refractivity contribution in [3.05, 3.63) is 66.2 Å². The molecule has 0 aromatic heterocycles. The molecule has 1 amide bonds. The molecule has 4 nitrogen and oxygen atoms in total. The van der Waals surface area contributed by atoms with Gasteiger partial charge in [0, 0.05) is 30.4 Å². The fraction of sp³-hybridized carbons (Fsp3) is 0.318. The Morgan fingerprint density at radius 3 is 2.50 bits per heavy atom.